The number of rotatable bonds is 5. The molecule has 1 aromatic carbocycles. The summed E-state index contributed by atoms with van der Waals surface area (Å²) in [7, 11) is 1.88. The first-order valence-corrected chi connectivity index (χ1v) is 7.07. The number of hydrogen-bond acceptors (Lipinski definition) is 3. The molecule has 0 aliphatic rings. The van der Waals surface area contributed by atoms with Crippen molar-refractivity contribution in [1.29, 1.82) is 0 Å². The Balaban J connectivity index is 2.55. The Hall–Kier alpha value is -1.46. The van der Waals surface area contributed by atoms with Crippen molar-refractivity contribution in [1.82, 2.24) is 20.3 Å². The summed E-state index contributed by atoms with van der Waals surface area (Å²) in [5, 5.41) is 12.0. The number of nitrogens with zero attached hydrogens (tertiary/aromatic N) is 3. The molecule has 108 valence electrons. The van der Waals surface area contributed by atoms with Gasteiger partial charge in [-0.15, -0.1) is 5.10 Å². The lowest BCUT2D eigenvalue weighted by Gasteiger charge is -2.13. The standard InChI is InChI=1S/C14H18ClFN4/c1-4-11(17-3)14-12(5-2)20(19-18-14)13-8-9(15)6-7-10(13)16/h6-8,11,17H,4-5H2,1-3H3. The van der Waals surface area contributed by atoms with E-state index in [0.29, 0.717) is 17.1 Å². The van der Waals surface area contributed by atoms with Gasteiger partial charge in [-0.2, -0.15) is 0 Å². The number of aromatic nitrogens is 3. The Labute approximate surface area is 122 Å². The van der Waals surface area contributed by atoms with Crippen LogP contribution in [0, 0.1) is 5.82 Å². The second kappa shape index (κ2) is 6.33. The molecule has 0 bridgehead atoms. The fourth-order valence-corrected chi connectivity index (χ4v) is 2.46. The van der Waals surface area contributed by atoms with Gasteiger partial charge in [-0.3, -0.25) is 0 Å². The predicted molar refractivity (Wildman–Crippen MR) is 77.8 cm³/mol. The third-order valence-corrected chi connectivity index (χ3v) is 3.59. The van der Waals surface area contributed by atoms with Gasteiger partial charge in [0.05, 0.1) is 11.7 Å². The van der Waals surface area contributed by atoms with Crippen LogP contribution in [0.25, 0.3) is 5.69 Å². The Morgan fingerprint density at radius 3 is 2.75 bits per heavy atom. The van der Waals surface area contributed by atoms with Gasteiger partial charge in [-0.25, -0.2) is 9.07 Å². The van der Waals surface area contributed by atoms with E-state index in [1.165, 1.54) is 16.8 Å². The summed E-state index contributed by atoms with van der Waals surface area (Å²) in [4.78, 5) is 0. The molecule has 6 heteroatoms. The van der Waals surface area contributed by atoms with Crippen LogP contribution in [0.5, 0.6) is 0 Å². The van der Waals surface area contributed by atoms with E-state index in [-0.39, 0.29) is 11.9 Å². The van der Waals surface area contributed by atoms with Crippen LogP contribution in [0.15, 0.2) is 18.2 Å². The normalized spacial score (nSPS) is 12.7. The van der Waals surface area contributed by atoms with Crippen molar-refractivity contribution in [2.45, 2.75) is 32.7 Å². The summed E-state index contributed by atoms with van der Waals surface area (Å²) in [6.07, 6.45) is 1.60. The van der Waals surface area contributed by atoms with Gasteiger partial charge >= 0.3 is 0 Å². The number of halogens is 2. The quantitative estimate of drug-likeness (QED) is 0.920. The molecule has 1 unspecified atom stereocenters. The lowest BCUT2D eigenvalue weighted by Crippen LogP contribution is -2.17. The van der Waals surface area contributed by atoms with E-state index in [1.54, 1.807) is 6.07 Å². The van der Waals surface area contributed by atoms with Crippen molar-refractivity contribution in [2.75, 3.05) is 7.05 Å². The lowest BCUT2D eigenvalue weighted by atomic mass is 10.1. The van der Waals surface area contributed by atoms with Gasteiger partial charge in [0.15, 0.2) is 0 Å². The van der Waals surface area contributed by atoms with Crippen LogP contribution in [0.3, 0.4) is 0 Å². The van der Waals surface area contributed by atoms with Crippen LogP contribution in [0.2, 0.25) is 5.02 Å². The van der Waals surface area contributed by atoms with Crippen molar-refractivity contribution >= 4 is 11.6 Å². The highest BCUT2D eigenvalue weighted by atomic mass is 35.5. The number of hydrogen-bond donors (Lipinski definition) is 1. The summed E-state index contributed by atoms with van der Waals surface area (Å²) in [5.41, 5.74) is 2.09. The molecular weight excluding hydrogens is 279 g/mol. The second-order valence-corrected chi connectivity index (χ2v) is 4.97. The third-order valence-electron chi connectivity index (χ3n) is 3.35. The molecule has 2 aromatic rings. The van der Waals surface area contributed by atoms with Gasteiger partial charge in [-0.05, 0) is 38.1 Å². The first kappa shape index (κ1) is 14.9. The fraction of sp³-hybridized carbons (Fsp3) is 0.429. The van der Waals surface area contributed by atoms with Crippen molar-refractivity contribution in [3.63, 3.8) is 0 Å². The highest BCUT2D eigenvalue weighted by Gasteiger charge is 2.20. The average molecular weight is 297 g/mol. The maximum Gasteiger partial charge on any atom is 0.149 e. The first-order valence-electron chi connectivity index (χ1n) is 6.69. The summed E-state index contributed by atoms with van der Waals surface area (Å²) in [6, 6.07) is 4.54. The first-order chi connectivity index (χ1) is 9.62. The molecule has 0 radical (unpaired) electrons. The zero-order valence-electron chi connectivity index (χ0n) is 11.8. The summed E-state index contributed by atoms with van der Waals surface area (Å²) < 4.78 is 15.5. The SMILES string of the molecule is CCc1c(C(CC)NC)nnn1-c1cc(Cl)ccc1F. The van der Waals surface area contributed by atoms with Crippen molar-refractivity contribution in [3.8, 4) is 5.69 Å². The van der Waals surface area contributed by atoms with Gasteiger partial charge in [0.1, 0.15) is 17.2 Å². The smallest absolute Gasteiger partial charge is 0.149 e. The Bertz CT molecular complexity index is 593. The zero-order chi connectivity index (χ0) is 14.7. The Kier molecular flexibility index (Phi) is 4.73. The second-order valence-electron chi connectivity index (χ2n) is 4.53. The van der Waals surface area contributed by atoms with Crippen LogP contribution >= 0.6 is 11.6 Å². The molecule has 4 nitrogen and oxygen atoms in total. The molecule has 0 aliphatic carbocycles. The van der Waals surface area contributed by atoms with E-state index in [2.05, 4.69) is 22.6 Å². The van der Waals surface area contributed by atoms with E-state index >= 15 is 0 Å². The van der Waals surface area contributed by atoms with Gasteiger partial charge in [0, 0.05) is 5.02 Å². The molecule has 20 heavy (non-hydrogen) atoms. The van der Waals surface area contributed by atoms with Crippen LogP contribution in [-0.4, -0.2) is 22.0 Å². The maximum absolute atomic E-state index is 14.0. The van der Waals surface area contributed by atoms with Crippen LogP contribution in [-0.2, 0) is 6.42 Å². The highest BCUT2D eigenvalue weighted by Crippen LogP contribution is 2.24. The van der Waals surface area contributed by atoms with Gasteiger partial charge in [0.25, 0.3) is 0 Å². The summed E-state index contributed by atoms with van der Waals surface area (Å²) >= 11 is 5.95. The molecule has 0 spiro atoms. The average Bonchev–Trinajstić information content (AvgIpc) is 2.86. The van der Waals surface area contributed by atoms with E-state index in [0.717, 1.165) is 17.8 Å². The highest BCUT2D eigenvalue weighted by molar-refractivity contribution is 6.30. The van der Waals surface area contributed by atoms with E-state index in [1.807, 2.05) is 14.0 Å². The molecule has 0 saturated heterocycles. The molecule has 1 N–H and O–H groups in total. The zero-order valence-corrected chi connectivity index (χ0v) is 12.6. The van der Waals surface area contributed by atoms with Crippen molar-refractivity contribution in [3.05, 3.63) is 40.4 Å². The van der Waals surface area contributed by atoms with E-state index < -0.39 is 0 Å². The van der Waals surface area contributed by atoms with Gasteiger partial charge in [0.2, 0.25) is 0 Å². The minimum atomic E-state index is -0.363. The van der Waals surface area contributed by atoms with Crippen molar-refractivity contribution < 1.29 is 4.39 Å². The van der Waals surface area contributed by atoms with Crippen LogP contribution < -0.4 is 5.32 Å². The molecule has 1 heterocycles. The number of nitrogens with one attached hydrogen (secondary N) is 1. The third kappa shape index (κ3) is 2.69. The number of benzene rings is 1. The molecule has 0 aliphatic heterocycles. The van der Waals surface area contributed by atoms with E-state index in [9.17, 15) is 4.39 Å². The monoisotopic (exact) mass is 296 g/mol. The molecular formula is C14H18ClFN4. The topological polar surface area (TPSA) is 42.7 Å². The summed E-state index contributed by atoms with van der Waals surface area (Å²) in [6.45, 7) is 4.07. The fourth-order valence-electron chi connectivity index (χ4n) is 2.29. The van der Waals surface area contributed by atoms with E-state index in [4.69, 9.17) is 11.6 Å². The molecule has 2 rings (SSSR count). The van der Waals surface area contributed by atoms with Gasteiger partial charge < -0.3 is 5.32 Å². The minimum Gasteiger partial charge on any atom is -0.312 e. The lowest BCUT2D eigenvalue weighted by molar-refractivity contribution is 0.555. The predicted octanol–water partition coefficient (Wildman–Crippen LogP) is 3.29. The molecule has 0 amide bonds. The maximum atomic E-state index is 14.0. The van der Waals surface area contributed by atoms with Crippen LogP contribution in [0.4, 0.5) is 4.39 Å². The summed E-state index contributed by atoms with van der Waals surface area (Å²) in [5.74, 6) is -0.363. The van der Waals surface area contributed by atoms with Gasteiger partial charge in [-0.1, -0.05) is 30.7 Å². The Morgan fingerprint density at radius 2 is 2.15 bits per heavy atom. The molecule has 1 atom stereocenters. The molecule has 0 saturated carbocycles. The molecule has 1 aromatic heterocycles. The van der Waals surface area contributed by atoms with Crippen LogP contribution in [0.1, 0.15) is 37.7 Å². The van der Waals surface area contributed by atoms with Crippen molar-refractivity contribution in [2.24, 2.45) is 0 Å². The largest absolute Gasteiger partial charge is 0.312 e. The Morgan fingerprint density at radius 1 is 1.40 bits per heavy atom. The molecule has 0 fully saturated rings. The minimum absolute atomic E-state index is 0.112.